The normalized spacial score (nSPS) is 9.94. The van der Waals surface area contributed by atoms with Crippen molar-refractivity contribution in [2.24, 2.45) is 0 Å². The van der Waals surface area contributed by atoms with Crippen LogP contribution >= 0.6 is 15.9 Å². The number of amides is 2. The van der Waals surface area contributed by atoms with Crippen LogP contribution in [-0.2, 0) is 0 Å². The standard InChI is InChI=1S/C9H8BrN5O2/c10-5-3-7(11-4-5)9(17)15-14-8(16)6-1-2-12-13-6/h1-4,11H,(H,12,13)(H,14,16)(H,15,17). The summed E-state index contributed by atoms with van der Waals surface area (Å²) in [6.07, 6.45) is 3.06. The fourth-order valence-corrected chi connectivity index (χ4v) is 1.47. The highest BCUT2D eigenvalue weighted by atomic mass is 79.9. The molecule has 8 heteroatoms. The number of carbonyl (C=O) groups excluding carboxylic acids is 2. The molecule has 2 heterocycles. The van der Waals surface area contributed by atoms with Crippen LogP contribution in [0.3, 0.4) is 0 Å². The minimum Gasteiger partial charge on any atom is -0.356 e. The van der Waals surface area contributed by atoms with Crippen molar-refractivity contribution in [3.8, 4) is 0 Å². The van der Waals surface area contributed by atoms with Gasteiger partial charge in [0.2, 0.25) is 0 Å². The maximum atomic E-state index is 11.5. The van der Waals surface area contributed by atoms with Crippen LogP contribution in [0.25, 0.3) is 0 Å². The zero-order valence-corrected chi connectivity index (χ0v) is 10.0. The minimum atomic E-state index is -0.471. The lowest BCUT2D eigenvalue weighted by atomic mass is 10.4. The van der Waals surface area contributed by atoms with Crippen molar-refractivity contribution in [2.45, 2.75) is 0 Å². The SMILES string of the molecule is O=C(NNC(=O)c1ccn[nH]1)c1cc(Br)c[nH]1. The Hall–Kier alpha value is -2.09. The largest absolute Gasteiger partial charge is 0.356 e. The van der Waals surface area contributed by atoms with Crippen LogP contribution in [-0.4, -0.2) is 27.0 Å². The van der Waals surface area contributed by atoms with Crippen LogP contribution in [0.15, 0.2) is 29.0 Å². The molecule has 17 heavy (non-hydrogen) atoms. The number of hydrazine groups is 1. The summed E-state index contributed by atoms with van der Waals surface area (Å²) in [5.41, 5.74) is 5.11. The Morgan fingerprint density at radius 2 is 1.94 bits per heavy atom. The van der Waals surface area contributed by atoms with E-state index in [2.05, 4.69) is 42.0 Å². The smallest absolute Gasteiger partial charge is 0.287 e. The number of halogens is 1. The van der Waals surface area contributed by atoms with Gasteiger partial charge in [0.25, 0.3) is 11.8 Å². The molecule has 0 fully saturated rings. The number of nitrogens with zero attached hydrogens (tertiary/aromatic N) is 1. The van der Waals surface area contributed by atoms with Crippen LogP contribution in [0, 0.1) is 0 Å². The highest BCUT2D eigenvalue weighted by molar-refractivity contribution is 9.10. The zero-order valence-electron chi connectivity index (χ0n) is 8.45. The molecule has 0 aliphatic heterocycles. The quantitative estimate of drug-likeness (QED) is 0.610. The number of aromatic amines is 2. The van der Waals surface area contributed by atoms with Crippen molar-refractivity contribution < 1.29 is 9.59 Å². The molecule has 0 spiro atoms. The van der Waals surface area contributed by atoms with E-state index in [0.717, 1.165) is 4.47 Å². The van der Waals surface area contributed by atoms with Gasteiger partial charge in [0, 0.05) is 16.9 Å². The lowest BCUT2D eigenvalue weighted by molar-refractivity contribution is 0.0841. The summed E-state index contributed by atoms with van der Waals surface area (Å²) >= 11 is 3.20. The van der Waals surface area contributed by atoms with E-state index in [-0.39, 0.29) is 5.69 Å². The monoisotopic (exact) mass is 297 g/mol. The molecular weight excluding hydrogens is 290 g/mol. The summed E-state index contributed by atoms with van der Waals surface area (Å²) in [4.78, 5) is 25.7. The Morgan fingerprint density at radius 3 is 2.47 bits per heavy atom. The maximum absolute atomic E-state index is 11.5. The van der Waals surface area contributed by atoms with Gasteiger partial charge in [-0.1, -0.05) is 0 Å². The Kier molecular flexibility index (Phi) is 3.24. The van der Waals surface area contributed by atoms with Crippen molar-refractivity contribution >= 4 is 27.7 Å². The summed E-state index contributed by atoms with van der Waals surface area (Å²) in [5.74, 6) is -0.912. The van der Waals surface area contributed by atoms with E-state index >= 15 is 0 Å². The van der Waals surface area contributed by atoms with Crippen molar-refractivity contribution in [3.05, 3.63) is 40.4 Å². The van der Waals surface area contributed by atoms with Gasteiger partial charge < -0.3 is 4.98 Å². The van der Waals surface area contributed by atoms with Crippen molar-refractivity contribution in [2.75, 3.05) is 0 Å². The lowest BCUT2D eigenvalue weighted by Gasteiger charge is -2.04. The predicted molar refractivity (Wildman–Crippen MR) is 62.0 cm³/mol. The fourth-order valence-electron chi connectivity index (χ4n) is 1.13. The van der Waals surface area contributed by atoms with Gasteiger partial charge in [-0.3, -0.25) is 25.5 Å². The van der Waals surface area contributed by atoms with E-state index in [1.54, 1.807) is 12.3 Å². The third kappa shape index (κ3) is 2.72. The van der Waals surface area contributed by atoms with Gasteiger partial charge in [-0.25, -0.2) is 0 Å². The molecule has 7 nitrogen and oxygen atoms in total. The van der Waals surface area contributed by atoms with Crippen molar-refractivity contribution in [1.82, 2.24) is 26.0 Å². The number of H-pyrrole nitrogens is 2. The van der Waals surface area contributed by atoms with Gasteiger partial charge in [-0.05, 0) is 28.1 Å². The second-order valence-electron chi connectivity index (χ2n) is 3.11. The number of nitrogens with one attached hydrogen (secondary N) is 4. The van der Waals surface area contributed by atoms with E-state index in [0.29, 0.717) is 5.69 Å². The molecule has 2 aromatic heterocycles. The molecule has 2 aromatic rings. The second-order valence-corrected chi connectivity index (χ2v) is 4.03. The van der Waals surface area contributed by atoms with E-state index in [1.165, 1.54) is 12.3 Å². The van der Waals surface area contributed by atoms with Gasteiger partial charge in [0.15, 0.2) is 0 Å². The second kappa shape index (κ2) is 4.83. The number of hydrogen-bond donors (Lipinski definition) is 4. The summed E-state index contributed by atoms with van der Waals surface area (Å²) in [6.45, 7) is 0. The number of rotatable bonds is 2. The average molecular weight is 298 g/mol. The Labute approximate surface area is 104 Å². The first-order valence-corrected chi connectivity index (χ1v) is 5.40. The van der Waals surface area contributed by atoms with Gasteiger partial charge in [-0.15, -0.1) is 0 Å². The maximum Gasteiger partial charge on any atom is 0.287 e. The molecular formula is C9H8BrN5O2. The van der Waals surface area contributed by atoms with Gasteiger partial charge in [0.1, 0.15) is 11.4 Å². The fraction of sp³-hybridized carbons (Fsp3) is 0. The topological polar surface area (TPSA) is 103 Å². The predicted octanol–water partition coefficient (Wildman–Crippen LogP) is 0.575. The lowest BCUT2D eigenvalue weighted by Crippen LogP contribution is -2.41. The first-order chi connectivity index (χ1) is 8.16. The van der Waals surface area contributed by atoms with Crippen molar-refractivity contribution in [3.63, 3.8) is 0 Å². The third-order valence-electron chi connectivity index (χ3n) is 1.93. The highest BCUT2D eigenvalue weighted by Gasteiger charge is 2.10. The van der Waals surface area contributed by atoms with Crippen molar-refractivity contribution in [1.29, 1.82) is 0 Å². The highest BCUT2D eigenvalue weighted by Crippen LogP contribution is 2.09. The van der Waals surface area contributed by atoms with E-state index in [9.17, 15) is 9.59 Å². The number of hydrogen-bond acceptors (Lipinski definition) is 3. The summed E-state index contributed by atoms with van der Waals surface area (Å²) in [5, 5.41) is 6.10. The first-order valence-electron chi connectivity index (χ1n) is 4.61. The van der Waals surface area contributed by atoms with E-state index in [1.807, 2.05) is 0 Å². The molecule has 4 N–H and O–H groups in total. The average Bonchev–Trinajstić information content (AvgIpc) is 2.95. The summed E-state index contributed by atoms with van der Waals surface area (Å²) in [6, 6.07) is 3.09. The number of aromatic nitrogens is 3. The summed E-state index contributed by atoms with van der Waals surface area (Å²) < 4.78 is 0.752. The molecule has 0 aliphatic carbocycles. The van der Waals surface area contributed by atoms with E-state index in [4.69, 9.17) is 0 Å². The zero-order chi connectivity index (χ0) is 12.3. The molecule has 0 unspecified atom stereocenters. The minimum absolute atomic E-state index is 0.262. The Balaban J connectivity index is 1.91. The Morgan fingerprint density at radius 1 is 1.24 bits per heavy atom. The Bertz CT molecular complexity index is 533. The van der Waals surface area contributed by atoms with Gasteiger partial charge >= 0.3 is 0 Å². The summed E-state index contributed by atoms with van der Waals surface area (Å²) in [7, 11) is 0. The molecule has 0 radical (unpaired) electrons. The van der Waals surface area contributed by atoms with Crippen LogP contribution in [0.1, 0.15) is 21.0 Å². The van der Waals surface area contributed by atoms with Crippen LogP contribution in [0.2, 0.25) is 0 Å². The molecule has 88 valence electrons. The van der Waals surface area contributed by atoms with Gasteiger partial charge in [0.05, 0.1) is 0 Å². The third-order valence-corrected chi connectivity index (χ3v) is 2.39. The molecule has 0 bridgehead atoms. The molecule has 0 saturated carbocycles. The molecule has 0 saturated heterocycles. The van der Waals surface area contributed by atoms with Crippen LogP contribution < -0.4 is 10.9 Å². The molecule has 0 aromatic carbocycles. The van der Waals surface area contributed by atoms with Crippen LogP contribution in [0.5, 0.6) is 0 Å². The molecule has 0 aliphatic rings. The van der Waals surface area contributed by atoms with E-state index < -0.39 is 11.8 Å². The van der Waals surface area contributed by atoms with Gasteiger partial charge in [-0.2, -0.15) is 5.10 Å². The first kappa shape index (κ1) is 11.4. The molecule has 0 atom stereocenters. The number of carbonyl (C=O) groups is 2. The van der Waals surface area contributed by atoms with Crippen LogP contribution in [0.4, 0.5) is 0 Å². The molecule has 2 amide bonds. The molecule has 2 rings (SSSR count).